The molecule has 1 fully saturated rings. The van der Waals surface area contributed by atoms with Gasteiger partial charge in [0.25, 0.3) is 0 Å². The van der Waals surface area contributed by atoms with Crippen molar-refractivity contribution in [3.63, 3.8) is 0 Å². The number of Topliss-reactive ketones (excluding diaryl/α,β-unsaturated/α-hetero) is 1. The van der Waals surface area contributed by atoms with Crippen LogP contribution in [-0.2, 0) is 0 Å². The van der Waals surface area contributed by atoms with Crippen LogP contribution in [0.25, 0.3) is 0 Å². The standard InChI is InChI=1S/C16H23NO2/c1-12-10-13(19-2)6-7-14(12)15(18)16(11-17)8-4-3-5-9-16/h6-7,10H,3-5,8-9,11,17H2,1-2H3. The number of hydrogen-bond donors (Lipinski definition) is 1. The summed E-state index contributed by atoms with van der Waals surface area (Å²) in [5.74, 6) is 1.01. The highest BCUT2D eigenvalue weighted by Crippen LogP contribution is 2.39. The molecule has 0 spiro atoms. The van der Waals surface area contributed by atoms with Crippen LogP contribution < -0.4 is 10.5 Å². The maximum atomic E-state index is 12.9. The van der Waals surface area contributed by atoms with Crippen LogP contribution in [0.5, 0.6) is 5.75 Å². The fraction of sp³-hybridized carbons (Fsp3) is 0.562. The number of aryl methyl sites for hydroxylation is 1. The zero-order valence-corrected chi connectivity index (χ0v) is 11.9. The number of ether oxygens (including phenoxy) is 1. The van der Waals surface area contributed by atoms with Gasteiger partial charge in [0.1, 0.15) is 5.75 Å². The molecular weight excluding hydrogens is 238 g/mol. The number of rotatable bonds is 4. The molecule has 0 bridgehead atoms. The van der Waals surface area contributed by atoms with Crippen LogP contribution in [0.3, 0.4) is 0 Å². The second kappa shape index (κ2) is 5.74. The molecule has 0 saturated heterocycles. The van der Waals surface area contributed by atoms with Crippen molar-refractivity contribution in [3.8, 4) is 5.75 Å². The molecule has 1 aromatic rings. The SMILES string of the molecule is COc1ccc(C(=O)C2(CN)CCCCC2)c(C)c1. The number of carbonyl (C=O) groups excluding carboxylic acids is 1. The molecule has 0 aromatic heterocycles. The first-order valence-electron chi connectivity index (χ1n) is 7.02. The summed E-state index contributed by atoms with van der Waals surface area (Å²) < 4.78 is 5.19. The third kappa shape index (κ3) is 2.66. The zero-order chi connectivity index (χ0) is 13.9. The van der Waals surface area contributed by atoms with Gasteiger partial charge in [0, 0.05) is 17.5 Å². The molecule has 0 radical (unpaired) electrons. The van der Waals surface area contributed by atoms with Crippen LogP contribution in [0, 0.1) is 12.3 Å². The third-order valence-electron chi connectivity index (χ3n) is 4.36. The quantitative estimate of drug-likeness (QED) is 0.847. The van der Waals surface area contributed by atoms with E-state index in [2.05, 4.69) is 0 Å². The summed E-state index contributed by atoms with van der Waals surface area (Å²) in [4.78, 5) is 12.9. The van der Waals surface area contributed by atoms with Gasteiger partial charge in [0.15, 0.2) is 5.78 Å². The lowest BCUT2D eigenvalue weighted by Crippen LogP contribution is -2.40. The van der Waals surface area contributed by atoms with Crippen LogP contribution in [0.15, 0.2) is 18.2 Å². The Bertz CT molecular complexity index is 462. The summed E-state index contributed by atoms with van der Waals surface area (Å²) in [6.45, 7) is 2.42. The van der Waals surface area contributed by atoms with Crippen LogP contribution in [0.2, 0.25) is 0 Å². The highest BCUT2D eigenvalue weighted by Gasteiger charge is 2.38. The van der Waals surface area contributed by atoms with E-state index in [1.807, 2.05) is 25.1 Å². The van der Waals surface area contributed by atoms with Gasteiger partial charge in [-0.1, -0.05) is 19.3 Å². The third-order valence-corrected chi connectivity index (χ3v) is 4.36. The molecule has 0 atom stereocenters. The Morgan fingerprint density at radius 2 is 2.00 bits per heavy atom. The Hall–Kier alpha value is -1.35. The molecule has 0 heterocycles. The van der Waals surface area contributed by atoms with Crippen LogP contribution >= 0.6 is 0 Å². The Morgan fingerprint density at radius 1 is 1.32 bits per heavy atom. The van der Waals surface area contributed by atoms with Gasteiger partial charge >= 0.3 is 0 Å². The molecule has 2 rings (SSSR count). The molecule has 0 unspecified atom stereocenters. The van der Waals surface area contributed by atoms with E-state index in [4.69, 9.17) is 10.5 Å². The van der Waals surface area contributed by atoms with Gasteiger partial charge in [-0.15, -0.1) is 0 Å². The van der Waals surface area contributed by atoms with E-state index in [1.165, 1.54) is 6.42 Å². The lowest BCUT2D eigenvalue weighted by Gasteiger charge is -2.35. The first kappa shape index (κ1) is 14.1. The highest BCUT2D eigenvalue weighted by molar-refractivity contribution is 6.02. The van der Waals surface area contributed by atoms with Crippen molar-refractivity contribution in [1.82, 2.24) is 0 Å². The predicted molar refractivity (Wildman–Crippen MR) is 76.6 cm³/mol. The summed E-state index contributed by atoms with van der Waals surface area (Å²) >= 11 is 0. The molecule has 19 heavy (non-hydrogen) atoms. The lowest BCUT2D eigenvalue weighted by atomic mass is 9.69. The van der Waals surface area contributed by atoms with Gasteiger partial charge in [0.05, 0.1) is 7.11 Å². The van der Waals surface area contributed by atoms with Crippen molar-refractivity contribution in [1.29, 1.82) is 0 Å². The normalized spacial score (nSPS) is 18.1. The van der Waals surface area contributed by atoms with Crippen LogP contribution in [0.4, 0.5) is 0 Å². The molecule has 3 heteroatoms. The van der Waals surface area contributed by atoms with E-state index >= 15 is 0 Å². The fourth-order valence-electron chi connectivity index (χ4n) is 3.06. The van der Waals surface area contributed by atoms with Crippen molar-refractivity contribution >= 4 is 5.78 Å². The van der Waals surface area contributed by atoms with E-state index in [0.29, 0.717) is 6.54 Å². The second-order valence-corrected chi connectivity index (χ2v) is 5.56. The van der Waals surface area contributed by atoms with E-state index < -0.39 is 0 Å². The van der Waals surface area contributed by atoms with Gasteiger partial charge in [-0.2, -0.15) is 0 Å². The predicted octanol–water partition coefficient (Wildman–Crippen LogP) is 3.10. The molecule has 1 aromatic carbocycles. The van der Waals surface area contributed by atoms with Crippen LogP contribution in [0.1, 0.15) is 48.0 Å². The number of ketones is 1. The largest absolute Gasteiger partial charge is 0.497 e. The number of hydrogen-bond acceptors (Lipinski definition) is 3. The Kier molecular flexibility index (Phi) is 4.25. The van der Waals surface area contributed by atoms with Gasteiger partial charge in [-0.05, 0) is 43.5 Å². The zero-order valence-electron chi connectivity index (χ0n) is 11.9. The van der Waals surface area contributed by atoms with Crippen LogP contribution in [-0.4, -0.2) is 19.4 Å². The molecule has 0 aliphatic heterocycles. The summed E-state index contributed by atoms with van der Waals surface area (Å²) in [6, 6.07) is 5.65. The number of methoxy groups -OCH3 is 1. The lowest BCUT2D eigenvalue weighted by molar-refractivity contribution is 0.0728. The van der Waals surface area contributed by atoms with E-state index in [1.54, 1.807) is 7.11 Å². The van der Waals surface area contributed by atoms with Crippen molar-refractivity contribution < 1.29 is 9.53 Å². The Labute approximate surface area is 115 Å². The first-order valence-corrected chi connectivity index (χ1v) is 7.02. The summed E-state index contributed by atoms with van der Waals surface area (Å²) in [5, 5.41) is 0. The van der Waals surface area contributed by atoms with Crippen molar-refractivity contribution in [3.05, 3.63) is 29.3 Å². The number of nitrogens with two attached hydrogens (primary N) is 1. The van der Waals surface area contributed by atoms with Crippen molar-refractivity contribution in [2.24, 2.45) is 11.1 Å². The van der Waals surface area contributed by atoms with E-state index in [9.17, 15) is 4.79 Å². The van der Waals surface area contributed by atoms with Gasteiger partial charge in [0.2, 0.25) is 0 Å². The average Bonchev–Trinajstić information content (AvgIpc) is 2.47. The molecule has 2 N–H and O–H groups in total. The minimum atomic E-state index is -0.336. The number of benzene rings is 1. The van der Waals surface area contributed by atoms with Crippen molar-refractivity contribution in [2.75, 3.05) is 13.7 Å². The van der Waals surface area contributed by atoms with Gasteiger partial charge in [-0.3, -0.25) is 4.79 Å². The maximum absolute atomic E-state index is 12.9. The van der Waals surface area contributed by atoms with E-state index in [0.717, 1.165) is 42.6 Å². The Balaban J connectivity index is 2.32. The second-order valence-electron chi connectivity index (χ2n) is 5.56. The minimum Gasteiger partial charge on any atom is -0.497 e. The van der Waals surface area contributed by atoms with Gasteiger partial charge < -0.3 is 10.5 Å². The smallest absolute Gasteiger partial charge is 0.170 e. The minimum absolute atomic E-state index is 0.217. The van der Waals surface area contributed by atoms with Crippen molar-refractivity contribution in [2.45, 2.75) is 39.0 Å². The molecule has 1 saturated carbocycles. The molecule has 1 aliphatic carbocycles. The fourth-order valence-corrected chi connectivity index (χ4v) is 3.06. The molecule has 3 nitrogen and oxygen atoms in total. The monoisotopic (exact) mass is 261 g/mol. The highest BCUT2D eigenvalue weighted by atomic mass is 16.5. The first-order chi connectivity index (χ1) is 9.13. The summed E-state index contributed by atoms with van der Waals surface area (Å²) in [7, 11) is 1.64. The Morgan fingerprint density at radius 3 is 2.53 bits per heavy atom. The summed E-state index contributed by atoms with van der Waals surface area (Å²) in [5.41, 5.74) is 7.38. The van der Waals surface area contributed by atoms with E-state index in [-0.39, 0.29) is 11.2 Å². The van der Waals surface area contributed by atoms with Gasteiger partial charge in [-0.25, -0.2) is 0 Å². The maximum Gasteiger partial charge on any atom is 0.170 e. The molecule has 1 aliphatic rings. The molecule has 0 amide bonds. The molecular formula is C16H23NO2. The average molecular weight is 261 g/mol. The summed E-state index contributed by atoms with van der Waals surface area (Å²) in [6.07, 6.45) is 5.29. The number of carbonyl (C=O) groups is 1. The topological polar surface area (TPSA) is 52.3 Å². The molecule has 104 valence electrons.